The molecular weight excluding hydrogens is 326 g/mol. The molecule has 1 aromatic carbocycles. The lowest BCUT2D eigenvalue weighted by atomic mass is 9.94. The molecule has 0 aromatic heterocycles. The average molecular weight is 356 g/mol. The summed E-state index contributed by atoms with van der Waals surface area (Å²) in [4.78, 5) is 5.02. The maximum Gasteiger partial charge on any atom is 0.141 e. The van der Waals surface area contributed by atoms with E-state index in [0.29, 0.717) is 6.04 Å². The van der Waals surface area contributed by atoms with Crippen molar-refractivity contribution in [2.75, 3.05) is 5.75 Å². The van der Waals surface area contributed by atoms with Gasteiger partial charge in [0.25, 0.3) is 0 Å². The number of fused-ring (bicyclic) bond motifs is 1. The zero-order valence-corrected chi connectivity index (χ0v) is 17.0. The van der Waals surface area contributed by atoms with Crippen molar-refractivity contribution in [2.45, 2.75) is 60.4 Å². The van der Waals surface area contributed by atoms with E-state index >= 15 is 0 Å². The summed E-state index contributed by atoms with van der Waals surface area (Å²) in [6.07, 6.45) is 4.34. The second-order valence-corrected chi connectivity index (χ2v) is 7.99. The van der Waals surface area contributed by atoms with Crippen LogP contribution in [0.5, 0.6) is 0 Å². The molecule has 0 aliphatic carbocycles. The first kappa shape index (κ1) is 18.1. The average Bonchev–Trinajstić information content (AvgIpc) is 2.95. The molecule has 0 saturated heterocycles. The van der Waals surface area contributed by atoms with Gasteiger partial charge >= 0.3 is 0 Å². The van der Waals surface area contributed by atoms with Gasteiger partial charge in [-0.3, -0.25) is 9.30 Å². The molecule has 1 N–H and O–H groups in total. The monoisotopic (exact) mass is 355 g/mol. The molecule has 25 heavy (non-hydrogen) atoms. The first-order valence-electron chi connectivity index (χ1n) is 9.22. The minimum absolute atomic E-state index is 0.394. The van der Waals surface area contributed by atoms with Crippen LogP contribution in [0.25, 0.3) is 5.57 Å². The molecule has 2 aliphatic rings. The SMILES string of the molecule is CCC(CC)N=C1C=C(C)NC2=C(c3c(C)cc(C)cc3C)CSN12. The topological polar surface area (TPSA) is 27.6 Å². The third-order valence-electron chi connectivity index (χ3n) is 4.93. The van der Waals surface area contributed by atoms with E-state index in [4.69, 9.17) is 4.99 Å². The number of nitrogens with one attached hydrogen (secondary N) is 1. The van der Waals surface area contributed by atoms with Gasteiger partial charge in [0.2, 0.25) is 0 Å². The highest BCUT2D eigenvalue weighted by molar-refractivity contribution is 7.98. The van der Waals surface area contributed by atoms with Crippen LogP contribution in [0, 0.1) is 20.8 Å². The van der Waals surface area contributed by atoms with E-state index in [-0.39, 0.29) is 0 Å². The number of aryl methyl sites for hydroxylation is 3. The highest BCUT2D eigenvalue weighted by atomic mass is 32.2. The highest BCUT2D eigenvalue weighted by Crippen LogP contribution is 2.40. The highest BCUT2D eigenvalue weighted by Gasteiger charge is 2.32. The zero-order chi connectivity index (χ0) is 18.1. The number of rotatable bonds is 4. The molecule has 0 spiro atoms. The van der Waals surface area contributed by atoms with E-state index in [1.54, 1.807) is 0 Å². The van der Waals surface area contributed by atoms with Crippen LogP contribution in [0.2, 0.25) is 0 Å². The third-order valence-corrected chi connectivity index (χ3v) is 5.98. The van der Waals surface area contributed by atoms with E-state index in [9.17, 15) is 0 Å². The second kappa shape index (κ2) is 7.28. The number of amidine groups is 1. The molecule has 0 bridgehead atoms. The summed E-state index contributed by atoms with van der Waals surface area (Å²) in [5, 5.41) is 3.60. The Hall–Kier alpha value is -1.68. The molecule has 0 fully saturated rings. The Morgan fingerprint density at radius 2 is 1.76 bits per heavy atom. The van der Waals surface area contributed by atoms with Gasteiger partial charge in [0, 0.05) is 23.1 Å². The second-order valence-electron chi connectivity index (χ2n) is 7.08. The van der Waals surface area contributed by atoms with Crippen LogP contribution >= 0.6 is 11.9 Å². The van der Waals surface area contributed by atoms with Crippen molar-refractivity contribution >= 4 is 23.4 Å². The number of benzene rings is 1. The molecule has 0 amide bonds. The van der Waals surface area contributed by atoms with Crippen molar-refractivity contribution < 1.29 is 0 Å². The van der Waals surface area contributed by atoms with Crippen molar-refractivity contribution in [1.82, 2.24) is 9.62 Å². The van der Waals surface area contributed by atoms with Gasteiger partial charge in [-0.1, -0.05) is 31.5 Å². The standard InChI is InChI=1S/C21H29N3S/c1-7-17(8-2)23-19-11-16(6)22-21-18(12-25-24(19)21)20-14(4)9-13(3)10-15(20)5/h9-11,17,22H,7-8,12H2,1-6H3. The molecule has 0 radical (unpaired) electrons. The predicted octanol–water partition coefficient (Wildman–Crippen LogP) is 5.34. The van der Waals surface area contributed by atoms with Gasteiger partial charge in [0.05, 0.1) is 6.04 Å². The van der Waals surface area contributed by atoms with Crippen LogP contribution in [0.15, 0.2) is 34.7 Å². The third kappa shape index (κ3) is 3.50. The summed E-state index contributed by atoms with van der Waals surface area (Å²) < 4.78 is 2.29. The lowest BCUT2D eigenvalue weighted by molar-refractivity contribution is 0.616. The largest absolute Gasteiger partial charge is 0.344 e. The van der Waals surface area contributed by atoms with Crippen LogP contribution in [0.1, 0.15) is 55.9 Å². The van der Waals surface area contributed by atoms with E-state index in [0.717, 1.165) is 24.4 Å². The molecule has 0 saturated carbocycles. The first-order valence-corrected chi connectivity index (χ1v) is 10.2. The van der Waals surface area contributed by atoms with Crippen molar-refractivity contribution in [3.8, 4) is 0 Å². The van der Waals surface area contributed by atoms with Crippen molar-refractivity contribution in [3.05, 3.63) is 52.0 Å². The van der Waals surface area contributed by atoms with Gasteiger partial charge in [0.1, 0.15) is 11.7 Å². The molecule has 3 nitrogen and oxygen atoms in total. The summed E-state index contributed by atoms with van der Waals surface area (Å²) in [6.45, 7) is 13.2. The Bertz CT molecular complexity index is 746. The number of aliphatic imine (C=N–C) groups is 1. The summed E-state index contributed by atoms with van der Waals surface area (Å²) in [7, 11) is 0. The van der Waals surface area contributed by atoms with E-state index in [1.807, 2.05) is 11.9 Å². The molecule has 134 valence electrons. The predicted molar refractivity (Wildman–Crippen MR) is 111 cm³/mol. The minimum atomic E-state index is 0.394. The number of hydrogen-bond donors (Lipinski definition) is 1. The van der Waals surface area contributed by atoms with Gasteiger partial charge in [-0.2, -0.15) is 0 Å². The van der Waals surface area contributed by atoms with Crippen LogP contribution in [0.3, 0.4) is 0 Å². The van der Waals surface area contributed by atoms with E-state index < -0.39 is 0 Å². The van der Waals surface area contributed by atoms with Gasteiger partial charge in [-0.05, 0) is 69.2 Å². The van der Waals surface area contributed by atoms with Crippen molar-refractivity contribution in [2.24, 2.45) is 4.99 Å². The minimum Gasteiger partial charge on any atom is -0.344 e. The Labute approximate surface area is 156 Å². The lowest BCUT2D eigenvalue weighted by Crippen LogP contribution is -2.34. The molecule has 4 heteroatoms. The molecular formula is C21H29N3S. The number of nitrogens with zero attached hydrogens (tertiary/aromatic N) is 2. The molecule has 2 heterocycles. The normalized spacial score (nSPS) is 18.8. The lowest BCUT2D eigenvalue weighted by Gasteiger charge is -2.28. The van der Waals surface area contributed by atoms with Gasteiger partial charge in [0.15, 0.2) is 0 Å². The Balaban J connectivity index is 2.08. The zero-order valence-electron chi connectivity index (χ0n) is 16.2. The molecule has 0 unspecified atom stereocenters. The van der Waals surface area contributed by atoms with Crippen molar-refractivity contribution in [3.63, 3.8) is 0 Å². The summed E-state index contributed by atoms with van der Waals surface area (Å²) in [6, 6.07) is 4.97. The van der Waals surface area contributed by atoms with Gasteiger partial charge in [-0.15, -0.1) is 0 Å². The Morgan fingerprint density at radius 1 is 1.12 bits per heavy atom. The fraction of sp³-hybridized carbons (Fsp3) is 0.476. The molecule has 3 rings (SSSR count). The van der Waals surface area contributed by atoms with Crippen LogP contribution in [0.4, 0.5) is 0 Å². The van der Waals surface area contributed by atoms with E-state index in [1.165, 1.54) is 39.3 Å². The maximum absolute atomic E-state index is 5.02. The Kier molecular flexibility index (Phi) is 5.28. The summed E-state index contributed by atoms with van der Waals surface area (Å²) in [5.74, 6) is 3.27. The van der Waals surface area contributed by atoms with Crippen molar-refractivity contribution in [1.29, 1.82) is 0 Å². The molecule has 1 aromatic rings. The van der Waals surface area contributed by atoms with Crippen LogP contribution in [-0.4, -0.2) is 21.9 Å². The van der Waals surface area contributed by atoms with Gasteiger partial charge < -0.3 is 5.32 Å². The smallest absolute Gasteiger partial charge is 0.141 e. The first-order chi connectivity index (χ1) is 11.9. The summed E-state index contributed by atoms with van der Waals surface area (Å²) in [5.41, 5.74) is 7.99. The van der Waals surface area contributed by atoms with Crippen LogP contribution < -0.4 is 5.32 Å². The van der Waals surface area contributed by atoms with E-state index in [2.05, 4.69) is 69.4 Å². The van der Waals surface area contributed by atoms with Crippen LogP contribution in [-0.2, 0) is 0 Å². The molecule has 2 aliphatic heterocycles. The maximum atomic E-state index is 5.02. The quantitative estimate of drug-likeness (QED) is 0.739. The fourth-order valence-electron chi connectivity index (χ4n) is 3.76. The fourth-order valence-corrected chi connectivity index (χ4v) is 4.82. The Morgan fingerprint density at radius 3 is 2.36 bits per heavy atom. The summed E-state index contributed by atoms with van der Waals surface area (Å²) >= 11 is 1.85. The van der Waals surface area contributed by atoms with Gasteiger partial charge in [-0.25, -0.2) is 0 Å². The number of hydrogen-bond acceptors (Lipinski definition) is 3. The molecule has 0 atom stereocenters. The number of allylic oxidation sites excluding steroid dienone is 1.